The largest absolute Gasteiger partial charge is 0.497 e. The highest BCUT2D eigenvalue weighted by Crippen LogP contribution is 2.42. The maximum atomic E-state index is 10.1. The third-order valence-electron chi connectivity index (χ3n) is 3.99. The van der Waals surface area contributed by atoms with Crippen LogP contribution in [0.4, 0.5) is 0 Å². The molecule has 2 atom stereocenters. The van der Waals surface area contributed by atoms with Crippen LogP contribution in [0.25, 0.3) is 0 Å². The predicted octanol–water partition coefficient (Wildman–Crippen LogP) is 2.68. The summed E-state index contributed by atoms with van der Waals surface area (Å²) in [6, 6.07) is 5.65. The van der Waals surface area contributed by atoms with Crippen molar-refractivity contribution in [3.05, 3.63) is 23.8 Å². The molecule has 0 saturated heterocycles. The second-order valence-electron chi connectivity index (χ2n) is 5.00. The lowest BCUT2D eigenvalue weighted by Crippen LogP contribution is -2.36. The molecule has 0 aromatic heterocycles. The minimum atomic E-state index is -0.393. The van der Waals surface area contributed by atoms with Crippen molar-refractivity contribution in [2.75, 3.05) is 7.11 Å². The number of fused-ring (bicyclic) bond motifs is 1. The van der Waals surface area contributed by atoms with Crippen LogP contribution in [0.15, 0.2) is 18.2 Å². The molecule has 1 aliphatic heterocycles. The van der Waals surface area contributed by atoms with Crippen LogP contribution in [-0.2, 0) is 0 Å². The van der Waals surface area contributed by atoms with E-state index in [0.29, 0.717) is 5.92 Å². The molecule has 0 spiro atoms. The molecule has 1 heterocycles. The van der Waals surface area contributed by atoms with E-state index in [1.54, 1.807) is 7.11 Å². The van der Waals surface area contributed by atoms with Gasteiger partial charge in [-0.05, 0) is 30.9 Å². The minimum Gasteiger partial charge on any atom is -0.497 e. The molecule has 1 fully saturated rings. The lowest BCUT2D eigenvalue weighted by Gasteiger charge is -2.38. The predicted molar refractivity (Wildman–Crippen MR) is 64.3 cm³/mol. The van der Waals surface area contributed by atoms with Crippen LogP contribution in [-0.4, -0.2) is 18.3 Å². The standard InChI is InChI=1S/C14H18O3/c1-16-10-5-6-11-12(15)8-13(9-3-2-4-9)17-14(11)7-10/h5-7,9,12-13,15H,2-4,8H2,1H3/t12-,13?/m1/s1. The molecular formula is C14H18O3. The van der Waals surface area contributed by atoms with Gasteiger partial charge < -0.3 is 14.6 Å². The van der Waals surface area contributed by atoms with Crippen LogP contribution in [0.1, 0.15) is 37.4 Å². The summed E-state index contributed by atoms with van der Waals surface area (Å²) in [4.78, 5) is 0. The molecule has 3 heteroatoms. The zero-order valence-electron chi connectivity index (χ0n) is 10.1. The van der Waals surface area contributed by atoms with Crippen LogP contribution in [0.5, 0.6) is 11.5 Å². The average molecular weight is 234 g/mol. The van der Waals surface area contributed by atoms with Crippen LogP contribution < -0.4 is 9.47 Å². The highest BCUT2D eigenvalue weighted by Gasteiger charge is 2.35. The molecule has 1 saturated carbocycles. The highest BCUT2D eigenvalue weighted by molar-refractivity contribution is 5.43. The zero-order valence-corrected chi connectivity index (χ0v) is 10.1. The summed E-state index contributed by atoms with van der Waals surface area (Å²) in [6.07, 6.45) is 4.27. The van der Waals surface area contributed by atoms with Crippen molar-refractivity contribution >= 4 is 0 Å². The third kappa shape index (κ3) is 1.89. The van der Waals surface area contributed by atoms with Gasteiger partial charge in [0.05, 0.1) is 13.2 Å². The number of aliphatic hydroxyl groups excluding tert-OH is 1. The Balaban J connectivity index is 1.86. The smallest absolute Gasteiger partial charge is 0.129 e. The summed E-state index contributed by atoms with van der Waals surface area (Å²) in [5, 5.41) is 10.1. The second kappa shape index (κ2) is 4.22. The molecule has 3 nitrogen and oxygen atoms in total. The summed E-state index contributed by atoms with van der Waals surface area (Å²) >= 11 is 0. The van der Waals surface area contributed by atoms with Crippen LogP contribution in [0.3, 0.4) is 0 Å². The Morgan fingerprint density at radius 3 is 2.82 bits per heavy atom. The number of benzene rings is 1. The van der Waals surface area contributed by atoms with E-state index in [4.69, 9.17) is 9.47 Å². The summed E-state index contributed by atoms with van der Waals surface area (Å²) in [6.45, 7) is 0. The van der Waals surface area contributed by atoms with Crippen molar-refractivity contribution in [1.82, 2.24) is 0 Å². The van der Waals surface area contributed by atoms with E-state index in [1.165, 1.54) is 19.3 Å². The van der Waals surface area contributed by atoms with Gasteiger partial charge in [0.1, 0.15) is 17.6 Å². The molecule has 0 amide bonds. The first-order valence-electron chi connectivity index (χ1n) is 6.30. The summed E-state index contributed by atoms with van der Waals surface area (Å²) in [7, 11) is 1.64. The summed E-state index contributed by atoms with van der Waals surface area (Å²) < 4.78 is 11.2. The lowest BCUT2D eigenvalue weighted by atomic mass is 9.78. The first kappa shape index (κ1) is 10.9. The summed E-state index contributed by atoms with van der Waals surface area (Å²) in [5.74, 6) is 2.20. The van der Waals surface area contributed by atoms with Crippen molar-refractivity contribution in [2.24, 2.45) is 5.92 Å². The van der Waals surface area contributed by atoms with E-state index in [2.05, 4.69) is 0 Å². The quantitative estimate of drug-likeness (QED) is 0.855. The van der Waals surface area contributed by atoms with E-state index in [-0.39, 0.29) is 6.10 Å². The molecule has 1 unspecified atom stereocenters. The topological polar surface area (TPSA) is 38.7 Å². The number of hydrogen-bond acceptors (Lipinski definition) is 3. The number of hydrogen-bond donors (Lipinski definition) is 1. The van der Waals surface area contributed by atoms with Gasteiger partial charge in [-0.3, -0.25) is 0 Å². The van der Waals surface area contributed by atoms with E-state index < -0.39 is 6.10 Å². The van der Waals surface area contributed by atoms with Crippen molar-refractivity contribution in [3.8, 4) is 11.5 Å². The summed E-state index contributed by atoms with van der Waals surface area (Å²) in [5.41, 5.74) is 0.890. The normalized spacial score (nSPS) is 27.9. The van der Waals surface area contributed by atoms with E-state index in [0.717, 1.165) is 23.5 Å². The Bertz CT molecular complexity index is 412. The van der Waals surface area contributed by atoms with Crippen LogP contribution in [0.2, 0.25) is 0 Å². The lowest BCUT2D eigenvalue weighted by molar-refractivity contribution is 0.0104. The fraction of sp³-hybridized carbons (Fsp3) is 0.571. The first-order chi connectivity index (χ1) is 8.28. The Kier molecular flexibility index (Phi) is 2.71. The maximum absolute atomic E-state index is 10.1. The van der Waals surface area contributed by atoms with Gasteiger partial charge in [0.15, 0.2) is 0 Å². The van der Waals surface area contributed by atoms with Crippen molar-refractivity contribution in [2.45, 2.75) is 37.9 Å². The molecule has 1 aliphatic carbocycles. The number of ether oxygens (including phenoxy) is 2. The van der Waals surface area contributed by atoms with E-state index in [1.807, 2.05) is 18.2 Å². The van der Waals surface area contributed by atoms with Gasteiger partial charge in [0.2, 0.25) is 0 Å². The number of aliphatic hydroxyl groups is 1. The van der Waals surface area contributed by atoms with Gasteiger partial charge in [0.25, 0.3) is 0 Å². The van der Waals surface area contributed by atoms with Gasteiger partial charge in [-0.25, -0.2) is 0 Å². The fourth-order valence-corrected chi connectivity index (χ4v) is 2.68. The molecule has 0 radical (unpaired) electrons. The monoisotopic (exact) mass is 234 g/mol. The molecule has 2 aliphatic rings. The van der Waals surface area contributed by atoms with Gasteiger partial charge >= 0.3 is 0 Å². The Labute approximate surface area is 101 Å². The van der Waals surface area contributed by atoms with Crippen molar-refractivity contribution in [3.63, 3.8) is 0 Å². The van der Waals surface area contributed by atoms with Crippen LogP contribution >= 0.6 is 0 Å². The van der Waals surface area contributed by atoms with E-state index >= 15 is 0 Å². The first-order valence-corrected chi connectivity index (χ1v) is 6.30. The molecule has 1 N–H and O–H groups in total. The third-order valence-corrected chi connectivity index (χ3v) is 3.99. The van der Waals surface area contributed by atoms with Gasteiger partial charge in [0, 0.05) is 18.1 Å². The SMILES string of the molecule is COc1ccc2c(c1)OC(C1CCC1)C[C@H]2O. The number of rotatable bonds is 2. The average Bonchev–Trinajstić information content (AvgIpc) is 2.26. The number of methoxy groups -OCH3 is 1. The second-order valence-corrected chi connectivity index (χ2v) is 5.00. The minimum absolute atomic E-state index is 0.179. The molecule has 1 aromatic rings. The van der Waals surface area contributed by atoms with Crippen molar-refractivity contribution in [1.29, 1.82) is 0 Å². The fourth-order valence-electron chi connectivity index (χ4n) is 2.68. The maximum Gasteiger partial charge on any atom is 0.129 e. The molecule has 17 heavy (non-hydrogen) atoms. The Hall–Kier alpha value is -1.22. The van der Waals surface area contributed by atoms with Gasteiger partial charge in [-0.2, -0.15) is 0 Å². The molecule has 0 bridgehead atoms. The Morgan fingerprint density at radius 2 is 2.18 bits per heavy atom. The molecule has 3 rings (SSSR count). The van der Waals surface area contributed by atoms with Crippen LogP contribution in [0, 0.1) is 5.92 Å². The van der Waals surface area contributed by atoms with Crippen molar-refractivity contribution < 1.29 is 14.6 Å². The molecule has 1 aromatic carbocycles. The zero-order chi connectivity index (χ0) is 11.8. The molecular weight excluding hydrogens is 216 g/mol. The van der Waals surface area contributed by atoms with Gasteiger partial charge in [-0.15, -0.1) is 0 Å². The highest BCUT2D eigenvalue weighted by atomic mass is 16.5. The van der Waals surface area contributed by atoms with E-state index in [9.17, 15) is 5.11 Å². The molecule has 92 valence electrons. The van der Waals surface area contributed by atoms with Gasteiger partial charge in [-0.1, -0.05) is 6.42 Å². The Morgan fingerprint density at radius 1 is 1.35 bits per heavy atom.